The van der Waals surface area contributed by atoms with Gasteiger partial charge in [0, 0.05) is 25.2 Å². The zero-order valence-electron chi connectivity index (χ0n) is 15.9. The topological polar surface area (TPSA) is 55.7 Å². The van der Waals surface area contributed by atoms with Crippen LogP contribution in [0.4, 0.5) is 4.79 Å². The first-order valence-electron chi connectivity index (χ1n) is 9.92. The third-order valence-corrected chi connectivity index (χ3v) is 4.79. The van der Waals surface area contributed by atoms with Crippen LogP contribution in [0.5, 0.6) is 0 Å². The second-order valence-corrected chi connectivity index (χ2v) is 6.99. The molecule has 1 amide bonds. The van der Waals surface area contributed by atoms with Crippen molar-refractivity contribution in [1.29, 1.82) is 0 Å². The van der Waals surface area contributed by atoms with Gasteiger partial charge in [-0.1, -0.05) is 58.3 Å². The molecule has 4 heteroatoms. The Hall–Kier alpha value is -2.19. The molecule has 0 spiro atoms. The van der Waals surface area contributed by atoms with E-state index in [-0.39, 0.29) is 0 Å². The first-order chi connectivity index (χ1) is 12.7. The predicted molar refractivity (Wildman–Crippen MR) is 105 cm³/mol. The van der Waals surface area contributed by atoms with Crippen molar-refractivity contribution in [2.45, 2.75) is 71.3 Å². The van der Waals surface area contributed by atoms with Gasteiger partial charge in [0.1, 0.15) is 18.5 Å². The third kappa shape index (κ3) is 6.97. The molecule has 4 nitrogen and oxygen atoms in total. The zero-order chi connectivity index (χ0) is 18.6. The van der Waals surface area contributed by atoms with Crippen LogP contribution in [-0.4, -0.2) is 23.8 Å². The van der Waals surface area contributed by atoms with E-state index in [0.717, 1.165) is 29.5 Å². The minimum absolute atomic E-state index is 0.373. The molecule has 0 aliphatic carbocycles. The Bertz CT molecular complexity index is 623. The van der Waals surface area contributed by atoms with Crippen molar-refractivity contribution in [2.24, 2.45) is 4.99 Å². The van der Waals surface area contributed by atoms with Gasteiger partial charge < -0.3 is 14.8 Å². The number of hydrogen-bond donors (Lipinski definition) is 0. The van der Waals surface area contributed by atoms with Gasteiger partial charge in [-0.2, -0.15) is 0 Å². The highest BCUT2D eigenvalue weighted by Gasteiger charge is 2.13. The van der Waals surface area contributed by atoms with Crippen LogP contribution >= 0.6 is 0 Å². The van der Waals surface area contributed by atoms with Gasteiger partial charge in [0.25, 0.3) is 0 Å². The summed E-state index contributed by atoms with van der Waals surface area (Å²) >= 11 is 0. The standard InChI is InChI=1S/C22H30N2O2/c1-2-3-4-5-6-7-8-9-10-15-24(22(25)26)18-19-11-12-21-17-23-14-13-20(21)16-19/h11-14,16H,2-10,15,18H2,1H3. The molecule has 2 rings (SSSR count). The van der Waals surface area contributed by atoms with Crippen LogP contribution in [-0.2, 0) is 6.54 Å². The Morgan fingerprint density at radius 1 is 1.08 bits per heavy atom. The molecule has 1 aliphatic heterocycles. The Balaban J connectivity index is 1.70. The van der Waals surface area contributed by atoms with E-state index in [1.54, 1.807) is 6.20 Å². The average Bonchev–Trinajstić information content (AvgIpc) is 2.65. The summed E-state index contributed by atoms with van der Waals surface area (Å²) in [6.45, 7) is 3.15. The number of amides is 1. The van der Waals surface area contributed by atoms with Gasteiger partial charge in [0.15, 0.2) is 5.56 Å². The van der Waals surface area contributed by atoms with E-state index in [1.807, 2.05) is 24.3 Å². The van der Waals surface area contributed by atoms with Crippen molar-refractivity contribution in [3.05, 3.63) is 41.1 Å². The van der Waals surface area contributed by atoms with Crippen LogP contribution < -0.4 is 5.11 Å². The minimum atomic E-state index is -1.09. The van der Waals surface area contributed by atoms with E-state index in [4.69, 9.17) is 0 Å². The monoisotopic (exact) mass is 354 g/mol. The Kier molecular flexibility index (Phi) is 8.85. The van der Waals surface area contributed by atoms with Gasteiger partial charge >= 0.3 is 0 Å². The van der Waals surface area contributed by atoms with Gasteiger partial charge in [-0.3, -0.25) is 0 Å². The number of nitrogens with zero attached hydrogens (tertiary/aromatic N) is 2. The molecular formula is C22H30N2O2. The Morgan fingerprint density at radius 3 is 2.46 bits per heavy atom. The number of aliphatic imine (C=N–C) groups is 1. The van der Waals surface area contributed by atoms with Crippen LogP contribution in [0.1, 0.15) is 81.4 Å². The van der Waals surface area contributed by atoms with E-state index in [2.05, 4.69) is 18.1 Å². The van der Waals surface area contributed by atoms with Crippen LogP contribution in [0, 0.1) is 0 Å². The fourth-order valence-electron chi connectivity index (χ4n) is 3.24. The fraction of sp³-hybridized carbons (Fsp3) is 0.545. The lowest BCUT2D eigenvalue weighted by molar-refractivity contribution is -0.266. The van der Waals surface area contributed by atoms with Crippen LogP contribution in [0.3, 0.4) is 0 Å². The first kappa shape index (κ1) is 20.1. The van der Waals surface area contributed by atoms with Gasteiger partial charge in [-0.15, -0.1) is 4.99 Å². The molecule has 0 fully saturated rings. The van der Waals surface area contributed by atoms with Crippen molar-refractivity contribution in [3.63, 3.8) is 0 Å². The molecule has 0 bridgehead atoms. The lowest BCUT2D eigenvalue weighted by Gasteiger charge is -2.25. The number of carbonyl (C=O) groups excluding carboxylic acids is 1. The molecule has 1 aromatic carbocycles. The molecule has 0 saturated heterocycles. The minimum Gasteiger partial charge on any atom is -0.530 e. The normalized spacial score (nSPS) is 11.9. The highest BCUT2D eigenvalue weighted by atomic mass is 16.4. The smallest absolute Gasteiger partial charge is 0.175 e. The van der Waals surface area contributed by atoms with Crippen molar-refractivity contribution in [1.82, 2.24) is 4.90 Å². The Morgan fingerprint density at radius 2 is 1.77 bits per heavy atom. The molecule has 0 atom stereocenters. The number of hydrogen-bond acceptors (Lipinski definition) is 3. The molecule has 26 heavy (non-hydrogen) atoms. The molecule has 1 aliphatic rings. The average molecular weight is 354 g/mol. The Labute approximate surface area is 157 Å². The molecule has 0 N–H and O–H groups in total. The third-order valence-electron chi connectivity index (χ3n) is 4.79. The SMILES string of the molecule is CCCCCCCCCCCN(Cc1ccc2c(c1)C=CN=[C+]2)C(=O)[O-]. The van der Waals surface area contributed by atoms with Crippen LogP contribution in [0.25, 0.3) is 6.08 Å². The van der Waals surface area contributed by atoms with Crippen LogP contribution in [0.15, 0.2) is 29.4 Å². The number of unbranched alkanes of at least 4 members (excludes halogenated alkanes) is 8. The summed E-state index contributed by atoms with van der Waals surface area (Å²) in [6.07, 6.45) is 16.5. The second-order valence-electron chi connectivity index (χ2n) is 6.99. The molecule has 0 radical (unpaired) electrons. The van der Waals surface area contributed by atoms with Crippen molar-refractivity contribution >= 4 is 18.4 Å². The number of carboxylic acid groups (broad SMARTS) is 1. The van der Waals surface area contributed by atoms with E-state index >= 15 is 0 Å². The number of carbonyl (C=O) groups is 1. The highest BCUT2D eigenvalue weighted by Crippen LogP contribution is 2.17. The van der Waals surface area contributed by atoms with Gasteiger partial charge in [-0.25, -0.2) is 0 Å². The summed E-state index contributed by atoms with van der Waals surface area (Å²) in [7, 11) is 0. The molecule has 140 valence electrons. The first-order valence-corrected chi connectivity index (χ1v) is 9.92. The largest absolute Gasteiger partial charge is 0.530 e. The van der Waals surface area contributed by atoms with Crippen LogP contribution in [0.2, 0.25) is 0 Å². The summed E-state index contributed by atoms with van der Waals surface area (Å²) in [5.74, 6) is 0. The molecule has 1 heterocycles. The summed E-state index contributed by atoms with van der Waals surface area (Å²) in [6, 6.07) is 5.87. The van der Waals surface area contributed by atoms with Gasteiger partial charge in [0.05, 0.1) is 5.56 Å². The van der Waals surface area contributed by atoms with Crippen molar-refractivity contribution in [2.75, 3.05) is 6.54 Å². The molecule has 0 saturated carbocycles. The molecule has 0 unspecified atom stereocenters. The summed E-state index contributed by atoms with van der Waals surface area (Å²) in [4.78, 5) is 16.8. The van der Waals surface area contributed by atoms with E-state index < -0.39 is 6.09 Å². The van der Waals surface area contributed by atoms with Gasteiger partial charge in [0.2, 0.25) is 0 Å². The molecule has 0 aromatic heterocycles. The lowest BCUT2D eigenvalue weighted by Crippen LogP contribution is -2.41. The maximum Gasteiger partial charge on any atom is 0.175 e. The quantitative estimate of drug-likeness (QED) is 0.405. The molecular weight excluding hydrogens is 324 g/mol. The maximum atomic E-state index is 11.4. The number of benzene rings is 1. The highest BCUT2D eigenvalue weighted by molar-refractivity contribution is 5.88. The number of fused-ring (bicyclic) bond motifs is 1. The van der Waals surface area contributed by atoms with E-state index in [9.17, 15) is 9.90 Å². The fourth-order valence-corrected chi connectivity index (χ4v) is 3.24. The van der Waals surface area contributed by atoms with E-state index in [0.29, 0.717) is 13.1 Å². The van der Waals surface area contributed by atoms with E-state index in [1.165, 1.54) is 49.8 Å². The lowest BCUT2D eigenvalue weighted by atomic mass is 10.0. The summed E-state index contributed by atoms with van der Waals surface area (Å²) in [5, 5.41) is 11.4. The predicted octanol–water partition coefficient (Wildman–Crippen LogP) is 4.64. The summed E-state index contributed by atoms with van der Waals surface area (Å²) < 4.78 is 0. The molecule has 1 aromatic rings. The zero-order valence-corrected chi connectivity index (χ0v) is 15.9. The summed E-state index contributed by atoms with van der Waals surface area (Å²) in [5.41, 5.74) is 2.94. The van der Waals surface area contributed by atoms with Crippen molar-refractivity contribution < 1.29 is 9.90 Å². The second kappa shape index (κ2) is 11.4. The van der Waals surface area contributed by atoms with Gasteiger partial charge in [-0.05, 0) is 24.1 Å². The van der Waals surface area contributed by atoms with Crippen molar-refractivity contribution in [3.8, 4) is 0 Å². The number of rotatable bonds is 12. The maximum absolute atomic E-state index is 11.4.